The largest absolute Gasteiger partial charge is 0.282 e. The first-order valence-electron chi connectivity index (χ1n) is 6.59. The van der Waals surface area contributed by atoms with Crippen molar-refractivity contribution in [2.24, 2.45) is 0 Å². The molecule has 0 amide bonds. The lowest BCUT2D eigenvalue weighted by Crippen LogP contribution is -2.27. The van der Waals surface area contributed by atoms with Crippen molar-refractivity contribution in [3.05, 3.63) is 51.8 Å². The van der Waals surface area contributed by atoms with Gasteiger partial charge in [-0.1, -0.05) is 23.7 Å². The lowest BCUT2D eigenvalue weighted by atomic mass is 10.1. The van der Waals surface area contributed by atoms with Gasteiger partial charge in [-0.15, -0.1) is 0 Å². The Balaban J connectivity index is 1.91. The Morgan fingerprint density at radius 1 is 1.24 bits per heavy atom. The fraction of sp³-hybridized carbons (Fsp3) is 0.357. The molecule has 0 atom stereocenters. The zero-order chi connectivity index (χ0) is 15.5. The number of hydrogen-bond donors (Lipinski definition) is 2. The predicted octanol–water partition coefficient (Wildman–Crippen LogP) is 2.34. The summed E-state index contributed by atoms with van der Waals surface area (Å²) in [4.78, 5) is 0. The zero-order valence-electron chi connectivity index (χ0n) is 12.0. The quantitative estimate of drug-likeness (QED) is 0.855. The van der Waals surface area contributed by atoms with Crippen molar-refractivity contribution in [1.82, 2.24) is 14.9 Å². The third kappa shape index (κ3) is 4.56. The molecule has 2 rings (SSSR count). The summed E-state index contributed by atoms with van der Waals surface area (Å²) >= 11 is 5.78. The van der Waals surface area contributed by atoms with Crippen LogP contribution in [0.15, 0.2) is 24.3 Å². The van der Waals surface area contributed by atoms with Crippen molar-refractivity contribution in [1.29, 1.82) is 0 Å². The Hall–Kier alpha value is -1.37. The van der Waals surface area contributed by atoms with E-state index >= 15 is 0 Å². The molecule has 0 aliphatic carbocycles. The van der Waals surface area contributed by atoms with Crippen LogP contribution in [0.4, 0.5) is 0 Å². The van der Waals surface area contributed by atoms with E-state index < -0.39 is 10.0 Å². The second kappa shape index (κ2) is 6.60. The molecule has 21 heavy (non-hydrogen) atoms. The van der Waals surface area contributed by atoms with Gasteiger partial charge in [0.2, 0.25) is 10.0 Å². The number of halogens is 1. The maximum absolute atomic E-state index is 12.0. The van der Waals surface area contributed by atoms with Gasteiger partial charge in [0.05, 0.1) is 11.4 Å². The molecule has 0 aliphatic heterocycles. The van der Waals surface area contributed by atoms with E-state index in [0.29, 0.717) is 23.6 Å². The fourth-order valence-corrected chi connectivity index (χ4v) is 3.40. The Morgan fingerprint density at radius 2 is 1.90 bits per heavy atom. The zero-order valence-corrected chi connectivity index (χ0v) is 13.6. The summed E-state index contributed by atoms with van der Waals surface area (Å²) in [6.07, 6.45) is 0.619. The number of aromatic nitrogens is 2. The van der Waals surface area contributed by atoms with E-state index in [9.17, 15) is 8.42 Å². The topological polar surface area (TPSA) is 74.8 Å². The number of nitrogens with zero attached hydrogens (tertiary/aromatic N) is 1. The molecule has 0 saturated heterocycles. The Bertz CT molecular complexity index is 689. The van der Waals surface area contributed by atoms with E-state index in [-0.39, 0.29) is 5.75 Å². The van der Waals surface area contributed by atoms with Gasteiger partial charge >= 0.3 is 0 Å². The molecule has 0 unspecified atom stereocenters. The van der Waals surface area contributed by atoms with Crippen molar-refractivity contribution in [2.45, 2.75) is 26.0 Å². The number of aromatic amines is 1. The van der Waals surface area contributed by atoms with Crippen LogP contribution in [0.5, 0.6) is 0 Å². The van der Waals surface area contributed by atoms with Gasteiger partial charge in [-0.2, -0.15) is 5.10 Å². The summed E-state index contributed by atoms with van der Waals surface area (Å²) in [5, 5.41) is 7.58. The SMILES string of the molecule is Cc1n[nH]c(C)c1CCNS(=O)(=O)Cc1ccc(Cl)cc1. The van der Waals surface area contributed by atoms with Gasteiger partial charge < -0.3 is 0 Å². The molecular weight excluding hydrogens is 310 g/mol. The standard InChI is InChI=1S/C14H18ClN3O2S/c1-10-14(11(2)18-17-10)7-8-16-21(19,20)9-12-3-5-13(15)6-4-12/h3-6,16H,7-9H2,1-2H3,(H,17,18). The van der Waals surface area contributed by atoms with Gasteiger partial charge in [0.1, 0.15) is 0 Å². The predicted molar refractivity (Wildman–Crippen MR) is 83.8 cm³/mol. The first kappa shape index (κ1) is 16.0. The summed E-state index contributed by atoms with van der Waals surface area (Å²) in [7, 11) is -3.35. The minimum atomic E-state index is -3.35. The molecule has 0 bridgehead atoms. The van der Waals surface area contributed by atoms with Crippen LogP contribution in [0.1, 0.15) is 22.5 Å². The molecule has 1 aromatic carbocycles. The average molecular weight is 328 g/mol. The highest BCUT2D eigenvalue weighted by Gasteiger charge is 2.12. The van der Waals surface area contributed by atoms with E-state index in [1.807, 2.05) is 13.8 Å². The van der Waals surface area contributed by atoms with Crippen LogP contribution in [0.2, 0.25) is 5.02 Å². The molecule has 0 saturated carbocycles. The number of aryl methyl sites for hydroxylation is 2. The molecule has 1 heterocycles. The molecule has 0 fully saturated rings. The Kier molecular flexibility index (Phi) is 5.03. The minimum absolute atomic E-state index is 0.0481. The highest BCUT2D eigenvalue weighted by Crippen LogP contribution is 2.12. The first-order chi connectivity index (χ1) is 9.87. The van der Waals surface area contributed by atoms with Crippen molar-refractivity contribution >= 4 is 21.6 Å². The third-order valence-corrected chi connectivity index (χ3v) is 4.86. The van der Waals surface area contributed by atoms with E-state index in [2.05, 4.69) is 14.9 Å². The number of hydrogen-bond acceptors (Lipinski definition) is 3. The maximum atomic E-state index is 12.0. The Labute approximate surface area is 129 Å². The summed E-state index contributed by atoms with van der Waals surface area (Å²) in [5.74, 6) is -0.0481. The summed E-state index contributed by atoms with van der Waals surface area (Å²) < 4.78 is 26.6. The van der Waals surface area contributed by atoms with Crippen molar-refractivity contribution < 1.29 is 8.42 Å². The van der Waals surface area contributed by atoms with Gasteiger partial charge in [0.25, 0.3) is 0 Å². The smallest absolute Gasteiger partial charge is 0.215 e. The van der Waals surface area contributed by atoms with Gasteiger partial charge in [0.15, 0.2) is 0 Å². The number of sulfonamides is 1. The van der Waals surface area contributed by atoms with Gasteiger partial charge in [-0.05, 0) is 43.5 Å². The number of rotatable bonds is 6. The van der Waals surface area contributed by atoms with Gasteiger partial charge in [-0.25, -0.2) is 13.1 Å². The molecule has 0 aliphatic rings. The van der Waals surface area contributed by atoms with Crippen molar-refractivity contribution in [3.63, 3.8) is 0 Å². The second-order valence-electron chi connectivity index (χ2n) is 4.94. The van der Waals surface area contributed by atoms with Crippen LogP contribution < -0.4 is 4.72 Å². The maximum Gasteiger partial charge on any atom is 0.215 e. The molecular formula is C14H18ClN3O2S. The lowest BCUT2D eigenvalue weighted by Gasteiger charge is -2.07. The highest BCUT2D eigenvalue weighted by atomic mass is 35.5. The lowest BCUT2D eigenvalue weighted by molar-refractivity contribution is 0.580. The van der Waals surface area contributed by atoms with Crippen LogP contribution in [0.3, 0.4) is 0 Å². The van der Waals surface area contributed by atoms with E-state index in [1.54, 1.807) is 24.3 Å². The van der Waals surface area contributed by atoms with Crippen LogP contribution in [-0.4, -0.2) is 25.2 Å². The molecule has 114 valence electrons. The number of benzene rings is 1. The minimum Gasteiger partial charge on any atom is -0.282 e. The monoisotopic (exact) mass is 327 g/mol. The summed E-state index contributed by atoms with van der Waals surface area (Å²) in [5.41, 5.74) is 3.65. The van der Waals surface area contributed by atoms with Crippen LogP contribution in [0.25, 0.3) is 0 Å². The van der Waals surface area contributed by atoms with Crippen LogP contribution in [0, 0.1) is 13.8 Å². The van der Waals surface area contributed by atoms with Crippen LogP contribution >= 0.6 is 11.6 Å². The average Bonchev–Trinajstić information content (AvgIpc) is 2.73. The van der Waals surface area contributed by atoms with Crippen molar-refractivity contribution in [3.8, 4) is 0 Å². The molecule has 7 heteroatoms. The van der Waals surface area contributed by atoms with Crippen LogP contribution in [-0.2, 0) is 22.2 Å². The second-order valence-corrected chi connectivity index (χ2v) is 7.19. The van der Waals surface area contributed by atoms with E-state index in [0.717, 1.165) is 17.0 Å². The highest BCUT2D eigenvalue weighted by molar-refractivity contribution is 7.88. The Morgan fingerprint density at radius 3 is 2.48 bits per heavy atom. The van der Waals surface area contributed by atoms with Crippen molar-refractivity contribution in [2.75, 3.05) is 6.54 Å². The first-order valence-corrected chi connectivity index (χ1v) is 8.62. The van der Waals surface area contributed by atoms with Gasteiger partial charge in [-0.3, -0.25) is 5.10 Å². The van der Waals surface area contributed by atoms with Gasteiger partial charge in [0, 0.05) is 17.3 Å². The molecule has 2 N–H and O–H groups in total. The van der Waals surface area contributed by atoms with E-state index in [1.165, 1.54) is 0 Å². The van der Waals surface area contributed by atoms with E-state index in [4.69, 9.17) is 11.6 Å². The summed E-state index contributed by atoms with van der Waals surface area (Å²) in [6.45, 7) is 4.19. The molecule has 1 aromatic heterocycles. The molecule has 0 radical (unpaired) electrons. The fourth-order valence-electron chi connectivity index (χ4n) is 2.13. The number of nitrogens with one attached hydrogen (secondary N) is 2. The molecule has 2 aromatic rings. The summed E-state index contributed by atoms with van der Waals surface area (Å²) in [6, 6.07) is 6.80. The normalized spacial score (nSPS) is 11.8. The molecule has 0 spiro atoms. The molecule has 5 nitrogen and oxygen atoms in total. The number of H-pyrrole nitrogens is 1. The third-order valence-electron chi connectivity index (χ3n) is 3.25.